The van der Waals surface area contributed by atoms with Crippen LogP contribution in [-0.2, 0) is 0 Å². The lowest BCUT2D eigenvalue weighted by Crippen LogP contribution is -2.27. The van der Waals surface area contributed by atoms with Gasteiger partial charge in [-0.2, -0.15) is 0 Å². The lowest BCUT2D eigenvalue weighted by molar-refractivity contribution is 0.0982. The highest BCUT2D eigenvalue weighted by molar-refractivity contribution is 6.33. The van der Waals surface area contributed by atoms with Crippen LogP contribution in [0, 0.1) is 0 Å². The van der Waals surface area contributed by atoms with Gasteiger partial charge in [0.05, 0.1) is 10.7 Å². The lowest BCUT2D eigenvalue weighted by Gasteiger charge is -2.10. The number of benzene rings is 1. The number of Topliss-reactive ketones (excluding diaryl/α,β-unsaturated/α-hetero) is 1. The average molecular weight is 255 g/mol. The first-order valence-corrected chi connectivity index (χ1v) is 6.24. The second-order valence-corrected chi connectivity index (χ2v) is 4.58. The number of rotatable bonds is 6. The van der Waals surface area contributed by atoms with Crippen molar-refractivity contribution < 1.29 is 4.79 Å². The highest BCUT2D eigenvalue weighted by Gasteiger charge is 2.08. The van der Waals surface area contributed by atoms with Gasteiger partial charge in [-0.25, -0.2) is 0 Å². The number of halogens is 1. The molecule has 0 heterocycles. The quantitative estimate of drug-likeness (QED) is 0.606. The molecule has 0 radical (unpaired) electrons. The minimum absolute atomic E-state index is 0.0872. The Morgan fingerprint density at radius 3 is 2.82 bits per heavy atom. The Labute approximate surface area is 107 Å². The molecule has 3 N–H and O–H groups in total. The van der Waals surface area contributed by atoms with E-state index in [1.54, 1.807) is 18.2 Å². The number of anilines is 1. The summed E-state index contributed by atoms with van der Waals surface area (Å²) < 4.78 is 0. The molecule has 0 aromatic heterocycles. The van der Waals surface area contributed by atoms with E-state index in [2.05, 4.69) is 19.2 Å². The molecule has 0 amide bonds. The van der Waals surface area contributed by atoms with Gasteiger partial charge in [-0.1, -0.05) is 18.5 Å². The maximum atomic E-state index is 11.8. The van der Waals surface area contributed by atoms with Crippen LogP contribution in [0.4, 0.5) is 5.69 Å². The molecule has 0 spiro atoms. The molecule has 0 saturated heterocycles. The van der Waals surface area contributed by atoms with E-state index >= 15 is 0 Å². The van der Waals surface area contributed by atoms with Crippen molar-refractivity contribution in [1.29, 1.82) is 0 Å². The van der Waals surface area contributed by atoms with Crippen LogP contribution in [0.2, 0.25) is 5.02 Å². The minimum Gasteiger partial charge on any atom is -0.398 e. The fourth-order valence-corrected chi connectivity index (χ4v) is 1.56. The molecule has 0 bridgehead atoms. The molecule has 1 aromatic carbocycles. The van der Waals surface area contributed by atoms with Crippen LogP contribution < -0.4 is 11.1 Å². The van der Waals surface area contributed by atoms with E-state index in [0.717, 1.165) is 6.42 Å². The summed E-state index contributed by atoms with van der Waals surface area (Å²) in [7, 11) is 0. The fourth-order valence-electron chi connectivity index (χ4n) is 1.44. The number of nitrogens with one attached hydrogen (secondary N) is 1. The van der Waals surface area contributed by atoms with Gasteiger partial charge >= 0.3 is 0 Å². The molecule has 0 aliphatic rings. The van der Waals surface area contributed by atoms with E-state index in [4.69, 9.17) is 17.3 Å². The number of carbonyl (C=O) groups excluding carboxylic acids is 1. The lowest BCUT2D eigenvalue weighted by atomic mass is 10.1. The summed E-state index contributed by atoms with van der Waals surface area (Å²) in [6.45, 7) is 4.90. The number of hydrogen-bond donors (Lipinski definition) is 2. The molecule has 0 aliphatic heterocycles. The molecule has 17 heavy (non-hydrogen) atoms. The maximum absolute atomic E-state index is 11.8. The van der Waals surface area contributed by atoms with Gasteiger partial charge in [0.2, 0.25) is 0 Å². The maximum Gasteiger partial charge on any atom is 0.164 e. The van der Waals surface area contributed by atoms with Crippen molar-refractivity contribution in [3.8, 4) is 0 Å². The van der Waals surface area contributed by atoms with Crippen molar-refractivity contribution in [3.05, 3.63) is 28.8 Å². The summed E-state index contributed by atoms with van der Waals surface area (Å²) in [5.74, 6) is 0.0872. The van der Waals surface area contributed by atoms with Gasteiger partial charge in [0.25, 0.3) is 0 Å². The second kappa shape index (κ2) is 6.62. The van der Waals surface area contributed by atoms with Crippen LogP contribution >= 0.6 is 11.6 Å². The predicted molar refractivity (Wildman–Crippen MR) is 72.6 cm³/mol. The molecule has 0 aliphatic carbocycles. The van der Waals surface area contributed by atoms with Crippen LogP contribution in [-0.4, -0.2) is 18.4 Å². The monoisotopic (exact) mass is 254 g/mol. The Morgan fingerprint density at radius 2 is 2.24 bits per heavy atom. The van der Waals surface area contributed by atoms with E-state index < -0.39 is 0 Å². The molecule has 1 unspecified atom stereocenters. The third kappa shape index (κ3) is 4.36. The smallest absolute Gasteiger partial charge is 0.164 e. The number of ketones is 1. The zero-order chi connectivity index (χ0) is 12.8. The Hall–Kier alpha value is -1.06. The van der Waals surface area contributed by atoms with Crippen molar-refractivity contribution in [1.82, 2.24) is 5.32 Å². The third-order valence-corrected chi connectivity index (χ3v) is 3.12. The molecule has 1 aromatic rings. The molecule has 4 heteroatoms. The normalized spacial score (nSPS) is 12.4. The first-order valence-electron chi connectivity index (χ1n) is 5.86. The summed E-state index contributed by atoms with van der Waals surface area (Å²) >= 11 is 5.80. The van der Waals surface area contributed by atoms with Gasteiger partial charge in [-0.3, -0.25) is 4.79 Å². The number of carbonyl (C=O) groups is 1. The van der Waals surface area contributed by atoms with Gasteiger partial charge in [0, 0.05) is 24.6 Å². The summed E-state index contributed by atoms with van der Waals surface area (Å²) in [4.78, 5) is 11.8. The van der Waals surface area contributed by atoms with E-state index in [-0.39, 0.29) is 5.78 Å². The topological polar surface area (TPSA) is 55.1 Å². The van der Waals surface area contributed by atoms with Gasteiger partial charge in [-0.15, -0.1) is 0 Å². The zero-order valence-electron chi connectivity index (χ0n) is 10.3. The number of hydrogen-bond acceptors (Lipinski definition) is 3. The largest absolute Gasteiger partial charge is 0.398 e. The summed E-state index contributed by atoms with van der Waals surface area (Å²) in [6.07, 6.45) is 1.54. The molecule has 0 fully saturated rings. The van der Waals surface area contributed by atoms with Crippen LogP contribution in [0.15, 0.2) is 18.2 Å². The first-order chi connectivity index (χ1) is 8.04. The van der Waals surface area contributed by atoms with Gasteiger partial charge < -0.3 is 11.1 Å². The second-order valence-electron chi connectivity index (χ2n) is 4.17. The van der Waals surface area contributed by atoms with Crippen molar-refractivity contribution in [2.75, 3.05) is 12.3 Å². The van der Waals surface area contributed by atoms with Crippen molar-refractivity contribution in [2.45, 2.75) is 32.7 Å². The van der Waals surface area contributed by atoms with Crippen LogP contribution in [0.3, 0.4) is 0 Å². The Morgan fingerprint density at radius 1 is 1.53 bits per heavy atom. The molecule has 3 nitrogen and oxygen atoms in total. The predicted octanol–water partition coefficient (Wildman–Crippen LogP) is 2.88. The molecule has 1 atom stereocenters. The van der Waals surface area contributed by atoms with E-state index in [1.807, 2.05) is 0 Å². The van der Waals surface area contributed by atoms with Gasteiger partial charge in [-0.05, 0) is 31.5 Å². The van der Waals surface area contributed by atoms with E-state index in [0.29, 0.717) is 35.3 Å². The van der Waals surface area contributed by atoms with E-state index in [9.17, 15) is 4.79 Å². The summed E-state index contributed by atoms with van der Waals surface area (Å²) in [6, 6.07) is 5.45. The first kappa shape index (κ1) is 14.0. The highest BCUT2D eigenvalue weighted by Crippen LogP contribution is 2.20. The molecule has 94 valence electrons. The summed E-state index contributed by atoms with van der Waals surface area (Å²) in [5.41, 5.74) is 6.73. The fraction of sp³-hybridized carbons (Fsp3) is 0.462. The van der Waals surface area contributed by atoms with E-state index in [1.165, 1.54) is 0 Å². The van der Waals surface area contributed by atoms with Gasteiger partial charge in [0.1, 0.15) is 0 Å². The number of nitrogen functional groups attached to an aromatic ring is 1. The SMILES string of the molecule is CCC(C)NCCC(=O)c1ccc(Cl)c(N)c1. The van der Waals surface area contributed by atoms with Crippen LogP contribution in [0.1, 0.15) is 37.0 Å². The van der Waals surface area contributed by atoms with Crippen LogP contribution in [0.25, 0.3) is 0 Å². The molecular weight excluding hydrogens is 236 g/mol. The molecular formula is C13H19ClN2O. The minimum atomic E-state index is 0.0872. The average Bonchev–Trinajstić information content (AvgIpc) is 2.32. The standard InChI is InChI=1S/C13H19ClN2O/c1-3-9(2)16-7-6-13(17)10-4-5-11(14)12(15)8-10/h4-5,8-9,16H,3,6-7,15H2,1-2H3. The van der Waals surface area contributed by atoms with Crippen molar-refractivity contribution in [3.63, 3.8) is 0 Å². The summed E-state index contributed by atoms with van der Waals surface area (Å²) in [5, 5.41) is 3.77. The van der Waals surface area contributed by atoms with Crippen molar-refractivity contribution >= 4 is 23.1 Å². The Kier molecular flexibility index (Phi) is 5.45. The third-order valence-electron chi connectivity index (χ3n) is 2.78. The Balaban J connectivity index is 2.50. The zero-order valence-corrected chi connectivity index (χ0v) is 11.1. The van der Waals surface area contributed by atoms with Crippen LogP contribution in [0.5, 0.6) is 0 Å². The van der Waals surface area contributed by atoms with Crippen molar-refractivity contribution in [2.24, 2.45) is 0 Å². The molecule has 0 saturated carbocycles. The highest BCUT2D eigenvalue weighted by atomic mass is 35.5. The van der Waals surface area contributed by atoms with Gasteiger partial charge in [0.15, 0.2) is 5.78 Å². The Bertz CT molecular complexity index is 393. The molecule has 1 rings (SSSR count). The number of nitrogens with two attached hydrogens (primary N) is 1.